The average molecular weight is 288 g/mol. The molecule has 1 saturated carbocycles. The molecule has 1 aliphatic heterocycles. The van der Waals surface area contributed by atoms with Crippen LogP contribution in [0.1, 0.15) is 45.1 Å². The van der Waals surface area contributed by atoms with E-state index in [0.29, 0.717) is 0 Å². The fourth-order valence-electron chi connectivity index (χ4n) is 3.69. The van der Waals surface area contributed by atoms with Crippen LogP contribution in [0.3, 0.4) is 0 Å². The first-order chi connectivity index (χ1) is 9.95. The van der Waals surface area contributed by atoms with E-state index in [1.807, 2.05) is 30.3 Å². The summed E-state index contributed by atoms with van der Waals surface area (Å²) in [4.78, 5) is 24.9. The Morgan fingerprint density at radius 2 is 1.48 bits per heavy atom. The summed E-state index contributed by atoms with van der Waals surface area (Å²) >= 11 is 0. The Morgan fingerprint density at radius 1 is 0.952 bits per heavy atom. The average Bonchev–Trinajstić information content (AvgIpc) is 2.88. The molecule has 0 spiro atoms. The van der Waals surface area contributed by atoms with Crippen LogP contribution >= 0.6 is 0 Å². The minimum absolute atomic E-state index is 0.456. The largest absolute Gasteiger partial charge is 0.422 e. The van der Waals surface area contributed by atoms with Gasteiger partial charge in [-0.3, -0.25) is 9.59 Å². The van der Waals surface area contributed by atoms with Crippen molar-refractivity contribution in [1.29, 1.82) is 0 Å². The lowest BCUT2D eigenvalue weighted by molar-refractivity contribution is -0.243. The molecule has 0 aromatic heterocycles. The first kappa shape index (κ1) is 14.1. The second-order valence-electron chi connectivity index (χ2n) is 6.40. The van der Waals surface area contributed by atoms with E-state index in [1.54, 1.807) is 13.8 Å². The van der Waals surface area contributed by atoms with Crippen LogP contribution < -0.4 is 0 Å². The van der Waals surface area contributed by atoms with Crippen molar-refractivity contribution in [3.05, 3.63) is 35.9 Å². The number of esters is 2. The van der Waals surface area contributed by atoms with Crippen molar-refractivity contribution < 1.29 is 19.1 Å². The maximum atomic E-state index is 12.5. The van der Waals surface area contributed by atoms with E-state index in [-0.39, 0.29) is 0 Å². The van der Waals surface area contributed by atoms with Crippen LogP contribution in [0.2, 0.25) is 0 Å². The number of hydrogen-bond donors (Lipinski definition) is 0. The van der Waals surface area contributed by atoms with E-state index < -0.39 is 29.1 Å². The van der Waals surface area contributed by atoms with Gasteiger partial charge >= 0.3 is 11.9 Å². The topological polar surface area (TPSA) is 52.6 Å². The van der Waals surface area contributed by atoms with Crippen LogP contribution in [-0.2, 0) is 24.5 Å². The van der Waals surface area contributed by atoms with Crippen molar-refractivity contribution in [2.24, 2.45) is 5.92 Å². The molecule has 0 atom stereocenters. The van der Waals surface area contributed by atoms with Gasteiger partial charge in [-0.1, -0.05) is 43.2 Å². The molecule has 1 saturated heterocycles. The van der Waals surface area contributed by atoms with Crippen molar-refractivity contribution in [2.75, 3.05) is 0 Å². The summed E-state index contributed by atoms with van der Waals surface area (Å²) in [6, 6.07) is 9.81. The Kier molecular flexibility index (Phi) is 3.27. The van der Waals surface area contributed by atoms with Crippen LogP contribution in [-0.4, -0.2) is 17.7 Å². The maximum absolute atomic E-state index is 12.5. The monoisotopic (exact) mass is 288 g/mol. The number of ether oxygens (including phenoxy) is 2. The number of cyclic esters (lactones) is 2. The van der Waals surface area contributed by atoms with Crippen LogP contribution in [0.5, 0.6) is 0 Å². The second-order valence-corrected chi connectivity index (χ2v) is 6.40. The van der Waals surface area contributed by atoms with Gasteiger partial charge in [0.2, 0.25) is 0 Å². The molecular formula is C17H20O4. The highest BCUT2D eigenvalue weighted by Crippen LogP contribution is 2.49. The lowest BCUT2D eigenvalue weighted by Crippen LogP contribution is -2.53. The van der Waals surface area contributed by atoms with E-state index in [9.17, 15) is 9.59 Å². The highest BCUT2D eigenvalue weighted by Gasteiger charge is 2.56. The molecule has 3 rings (SSSR count). The first-order valence-electron chi connectivity index (χ1n) is 7.46. The summed E-state index contributed by atoms with van der Waals surface area (Å²) in [5.74, 6) is -2.93. The van der Waals surface area contributed by atoms with Crippen molar-refractivity contribution >= 4 is 11.9 Å². The van der Waals surface area contributed by atoms with Gasteiger partial charge in [0, 0.05) is 19.3 Å². The summed E-state index contributed by atoms with van der Waals surface area (Å²) in [5.41, 5.74) is 0.549. The molecule has 0 N–H and O–H groups in total. The first-order valence-corrected chi connectivity index (χ1v) is 7.46. The molecule has 2 aliphatic rings. The Hall–Kier alpha value is -1.84. The number of hydrogen-bond acceptors (Lipinski definition) is 4. The van der Waals surface area contributed by atoms with Gasteiger partial charge in [0.1, 0.15) is 0 Å². The highest BCUT2D eigenvalue weighted by molar-refractivity contribution is 5.98. The Morgan fingerprint density at radius 3 is 2.00 bits per heavy atom. The standard InChI is InChI=1S/C17H20O4/c1-16(2)20-14(18)13(15(19)21-16)17(10-6-7-11-17)12-8-4-3-5-9-12/h3-5,8-9,13H,6-7,10-11H2,1-2H3. The van der Waals surface area contributed by atoms with E-state index in [0.717, 1.165) is 31.2 Å². The molecule has 112 valence electrons. The van der Waals surface area contributed by atoms with E-state index >= 15 is 0 Å². The molecule has 1 aliphatic carbocycles. The van der Waals surface area contributed by atoms with Crippen molar-refractivity contribution in [3.63, 3.8) is 0 Å². The third-order valence-electron chi connectivity index (χ3n) is 4.56. The van der Waals surface area contributed by atoms with Gasteiger partial charge in [-0.05, 0) is 18.4 Å². The third kappa shape index (κ3) is 2.33. The molecule has 4 heteroatoms. The van der Waals surface area contributed by atoms with Gasteiger partial charge in [0.25, 0.3) is 5.79 Å². The normalized spacial score (nSPS) is 24.5. The Labute approximate surface area is 124 Å². The van der Waals surface area contributed by atoms with Gasteiger partial charge in [0.05, 0.1) is 0 Å². The number of carbonyl (C=O) groups excluding carboxylic acids is 2. The number of carbonyl (C=O) groups is 2. The summed E-state index contributed by atoms with van der Waals surface area (Å²) in [6.45, 7) is 3.17. The van der Waals surface area contributed by atoms with Crippen molar-refractivity contribution in [1.82, 2.24) is 0 Å². The fourth-order valence-corrected chi connectivity index (χ4v) is 3.69. The molecule has 0 radical (unpaired) electrons. The minimum atomic E-state index is -1.17. The SMILES string of the molecule is CC1(C)OC(=O)C(C2(c3ccccc3)CCCC2)C(=O)O1. The van der Waals surface area contributed by atoms with Crippen LogP contribution in [0.4, 0.5) is 0 Å². The fraction of sp³-hybridized carbons (Fsp3) is 0.529. The van der Waals surface area contributed by atoms with Gasteiger partial charge in [-0.2, -0.15) is 0 Å². The predicted molar refractivity (Wildman–Crippen MR) is 76.3 cm³/mol. The zero-order chi connectivity index (χ0) is 15.1. The quantitative estimate of drug-likeness (QED) is 0.620. The van der Waals surface area contributed by atoms with Crippen LogP contribution in [0.25, 0.3) is 0 Å². The van der Waals surface area contributed by atoms with Gasteiger partial charge in [-0.25, -0.2) is 0 Å². The molecule has 0 unspecified atom stereocenters. The number of rotatable bonds is 2. The molecule has 4 nitrogen and oxygen atoms in total. The molecule has 1 aromatic rings. The lowest BCUT2D eigenvalue weighted by atomic mass is 9.68. The zero-order valence-electron chi connectivity index (χ0n) is 12.4. The smallest absolute Gasteiger partial charge is 0.324 e. The van der Waals surface area contributed by atoms with E-state index in [1.165, 1.54) is 0 Å². The zero-order valence-corrected chi connectivity index (χ0v) is 12.4. The summed E-state index contributed by atoms with van der Waals surface area (Å²) in [6.07, 6.45) is 3.64. The summed E-state index contributed by atoms with van der Waals surface area (Å²) in [5, 5.41) is 0. The van der Waals surface area contributed by atoms with Crippen LogP contribution in [0, 0.1) is 5.92 Å². The van der Waals surface area contributed by atoms with Gasteiger partial charge < -0.3 is 9.47 Å². The molecule has 1 heterocycles. The minimum Gasteiger partial charge on any atom is -0.422 e. The summed E-state index contributed by atoms with van der Waals surface area (Å²) in [7, 11) is 0. The molecular weight excluding hydrogens is 268 g/mol. The lowest BCUT2D eigenvalue weighted by Gasteiger charge is -2.41. The summed E-state index contributed by atoms with van der Waals surface area (Å²) < 4.78 is 10.7. The van der Waals surface area contributed by atoms with Gasteiger partial charge in [0.15, 0.2) is 5.92 Å². The molecule has 1 aromatic carbocycles. The van der Waals surface area contributed by atoms with Crippen molar-refractivity contribution in [2.45, 2.75) is 50.7 Å². The molecule has 2 fully saturated rings. The Bertz CT molecular complexity index is 535. The third-order valence-corrected chi connectivity index (χ3v) is 4.56. The molecule has 21 heavy (non-hydrogen) atoms. The Balaban J connectivity index is 2.03. The van der Waals surface area contributed by atoms with Crippen LogP contribution in [0.15, 0.2) is 30.3 Å². The predicted octanol–water partition coefficient (Wildman–Crippen LogP) is 2.95. The molecule has 0 bridgehead atoms. The van der Waals surface area contributed by atoms with E-state index in [4.69, 9.17) is 9.47 Å². The van der Waals surface area contributed by atoms with Gasteiger partial charge in [-0.15, -0.1) is 0 Å². The highest BCUT2D eigenvalue weighted by atomic mass is 16.7. The maximum Gasteiger partial charge on any atom is 0.324 e. The van der Waals surface area contributed by atoms with Crippen molar-refractivity contribution in [3.8, 4) is 0 Å². The van der Waals surface area contributed by atoms with E-state index in [2.05, 4.69) is 0 Å². The molecule has 0 amide bonds. The second kappa shape index (κ2) is 4.86. The number of benzene rings is 1.